The van der Waals surface area contributed by atoms with Gasteiger partial charge in [0.2, 0.25) is 0 Å². The van der Waals surface area contributed by atoms with Crippen LogP contribution in [0.2, 0.25) is 0 Å². The van der Waals surface area contributed by atoms with Crippen molar-refractivity contribution in [1.29, 1.82) is 0 Å². The van der Waals surface area contributed by atoms with Crippen LogP contribution < -0.4 is 0 Å². The third-order valence-corrected chi connectivity index (χ3v) is 5.91. The fraction of sp³-hybridized carbons (Fsp3) is 0.286. The molecule has 0 saturated carbocycles. The fourth-order valence-electron chi connectivity index (χ4n) is 4.05. The maximum absolute atomic E-state index is 13.0. The van der Waals surface area contributed by atoms with Crippen molar-refractivity contribution in [3.8, 4) is 0 Å². The van der Waals surface area contributed by atoms with Crippen molar-refractivity contribution in [1.82, 2.24) is 9.80 Å². The summed E-state index contributed by atoms with van der Waals surface area (Å²) in [6.07, 6.45) is 4.19. The first kappa shape index (κ1) is 28.0. The van der Waals surface area contributed by atoms with Gasteiger partial charge in [-0.3, -0.25) is 9.80 Å². The fourth-order valence-corrected chi connectivity index (χ4v) is 4.05. The molecule has 1 heterocycles. The normalized spacial score (nSPS) is 14.6. The Labute approximate surface area is 215 Å². The van der Waals surface area contributed by atoms with E-state index < -0.39 is 0 Å². The number of hydrogen-bond donors (Lipinski definition) is 0. The first-order valence-corrected chi connectivity index (χ1v) is 11.4. The van der Waals surface area contributed by atoms with E-state index in [-0.39, 0.29) is 36.7 Å². The van der Waals surface area contributed by atoms with Crippen LogP contribution in [0.3, 0.4) is 0 Å². The molecule has 0 radical (unpaired) electrons. The number of piperazine rings is 1. The van der Waals surface area contributed by atoms with Crippen LogP contribution in [0, 0.1) is 5.82 Å². The van der Waals surface area contributed by atoms with Gasteiger partial charge in [-0.15, -0.1) is 24.8 Å². The van der Waals surface area contributed by atoms with Crippen LogP contribution in [-0.2, 0) is 4.74 Å². The number of rotatable bonds is 9. The average molecular weight is 503 g/mol. The molecule has 0 aromatic heterocycles. The Morgan fingerprint density at radius 2 is 1.26 bits per heavy atom. The largest absolute Gasteiger partial charge is 0.367 e. The summed E-state index contributed by atoms with van der Waals surface area (Å²) >= 11 is 0. The Morgan fingerprint density at radius 3 is 1.82 bits per heavy atom. The monoisotopic (exact) mass is 502 g/mol. The first-order valence-electron chi connectivity index (χ1n) is 11.4. The van der Waals surface area contributed by atoms with Crippen LogP contribution in [0.4, 0.5) is 4.39 Å². The van der Waals surface area contributed by atoms with Gasteiger partial charge in [-0.2, -0.15) is 0 Å². The van der Waals surface area contributed by atoms with Crippen molar-refractivity contribution in [2.24, 2.45) is 0 Å². The molecule has 0 aliphatic carbocycles. The highest BCUT2D eigenvalue weighted by Crippen LogP contribution is 2.25. The Kier molecular flexibility index (Phi) is 12.3. The summed E-state index contributed by atoms with van der Waals surface area (Å²) < 4.78 is 19.4. The predicted molar refractivity (Wildman–Crippen MR) is 143 cm³/mol. The Morgan fingerprint density at radius 1 is 0.735 bits per heavy atom. The van der Waals surface area contributed by atoms with Gasteiger partial charge in [-0.1, -0.05) is 84.9 Å². The van der Waals surface area contributed by atoms with E-state index in [4.69, 9.17) is 4.74 Å². The van der Waals surface area contributed by atoms with Gasteiger partial charge in [0.1, 0.15) is 11.9 Å². The molecule has 0 spiro atoms. The summed E-state index contributed by atoms with van der Waals surface area (Å²) in [5, 5.41) is 0. The molecule has 182 valence electrons. The summed E-state index contributed by atoms with van der Waals surface area (Å²) in [6.45, 7) is 6.77. The summed E-state index contributed by atoms with van der Waals surface area (Å²) in [5.41, 5.74) is 3.42. The summed E-state index contributed by atoms with van der Waals surface area (Å²) in [6, 6.07) is 27.5. The standard InChI is InChI=1S/C28H31FN2O.2ClH/c29-27-15-13-24(14-16-27)8-7-17-30-18-20-31(21-19-30)22-23-32-28(25-9-3-1-4-10-25)26-11-5-2-6-12-26;;/h1-16,28H,17-23H2;2*1H/b8-7+;;. The van der Waals surface area contributed by atoms with Gasteiger partial charge in [0.05, 0.1) is 6.61 Å². The molecule has 0 bridgehead atoms. The van der Waals surface area contributed by atoms with E-state index in [2.05, 4.69) is 70.5 Å². The quantitative estimate of drug-likeness (QED) is 0.351. The number of ether oxygens (including phenoxy) is 1. The van der Waals surface area contributed by atoms with Crippen molar-refractivity contribution >= 4 is 30.9 Å². The second-order valence-electron chi connectivity index (χ2n) is 8.17. The lowest BCUT2D eigenvalue weighted by Gasteiger charge is -2.34. The molecule has 0 atom stereocenters. The zero-order valence-electron chi connectivity index (χ0n) is 19.3. The lowest BCUT2D eigenvalue weighted by Crippen LogP contribution is -2.47. The van der Waals surface area contributed by atoms with Crippen molar-refractivity contribution in [3.05, 3.63) is 114 Å². The lowest BCUT2D eigenvalue weighted by atomic mass is 10.0. The Hall–Kier alpha value is -2.21. The van der Waals surface area contributed by atoms with Crippen LogP contribution in [0.1, 0.15) is 22.8 Å². The second kappa shape index (κ2) is 14.9. The summed E-state index contributed by atoms with van der Waals surface area (Å²) in [5.74, 6) is -0.193. The molecule has 34 heavy (non-hydrogen) atoms. The van der Waals surface area contributed by atoms with E-state index in [0.717, 1.165) is 44.8 Å². The van der Waals surface area contributed by atoms with E-state index in [1.807, 2.05) is 24.3 Å². The van der Waals surface area contributed by atoms with Gasteiger partial charge in [-0.05, 0) is 28.8 Å². The van der Waals surface area contributed by atoms with Crippen LogP contribution in [0.15, 0.2) is 91.0 Å². The molecule has 0 N–H and O–H groups in total. The molecule has 1 fully saturated rings. The molecule has 1 aliphatic heterocycles. The second-order valence-corrected chi connectivity index (χ2v) is 8.17. The SMILES string of the molecule is Cl.Cl.Fc1ccc(/C=C/CN2CCN(CCOC(c3ccccc3)c3ccccc3)CC2)cc1. The molecular formula is C28H33Cl2FN2O. The molecule has 0 unspecified atom stereocenters. The lowest BCUT2D eigenvalue weighted by molar-refractivity contribution is 0.0468. The molecule has 6 heteroatoms. The highest BCUT2D eigenvalue weighted by atomic mass is 35.5. The minimum absolute atomic E-state index is 0. The summed E-state index contributed by atoms with van der Waals surface area (Å²) in [7, 11) is 0. The number of halogens is 3. The Balaban J connectivity index is 0.00000204. The van der Waals surface area contributed by atoms with Gasteiger partial charge >= 0.3 is 0 Å². The van der Waals surface area contributed by atoms with Crippen LogP contribution in [-0.4, -0.2) is 55.7 Å². The smallest absolute Gasteiger partial charge is 0.123 e. The molecule has 3 aromatic rings. The number of benzene rings is 3. The number of hydrogen-bond acceptors (Lipinski definition) is 3. The van der Waals surface area contributed by atoms with Gasteiger partial charge < -0.3 is 4.74 Å². The van der Waals surface area contributed by atoms with Gasteiger partial charge in [0, 0.05) is 39.3 Å². The third-order valence-electron chi connectivity index (χ3n) is 5.91. The average Bonchev–Trinajstić information content (AvgIpc) is 2.85. The zero-order chi connectivity index (χ0) is 22.0. The minimum Gasteiger partial charge on any atom is -0.367 e. The van der Waals surface area contributed by atoms with Crippen LogP contribution >= 0.6 is 24.8 Å². The van der Waals surface area contributed by atoms with Crippen LogP contribution in [0.25, 0.3) is 6.08 Å². The van der Waals surface area contributed by atoms with Crippen molar-refractivity contribution in [2.45, 2.75) is 6.10 Å². The number of nitrogens with zero attached hydrogens (tertiary/aromatic N) is 2. The molecule has 3 nitrogen and oxygen atoms in total. The van der Waals surface area contributed by atoms with E-state index >= 15 is 0 Å². The highest BCUT2D eigenvalue weighted by Gasteiger charge is 2.18. The van der Waals surface area contributed by atoms with Gasteiger partial charge in [0.15, 0.2) is 0 Å². The topological polar surface area (TPSA) is 15.7 Å². The van der Waals surface area contributed by atoms with E-state index in [0.29, 0.717) is 6.61 Å². The highest BCUT2D eigenvalue weighted by molar-refractivity contribution is 5.85. The Bertz CT molecular complexity index is 923. The molecule has 4 rings (SSSR count). The maximum Gasteiger partial charge on any atom is 0.123 e. The summed E-state index contributed by atoms with van der Waals surface area (Å²) in [4.78, 5) is 4.93. The minimum atomic E-state index is -0.193. The van der Waals surface area contributed by atoms with E-state index in [9.17, 15) is 4.39 Å². The van der Waals surface area contributed by atoms with Gasteiger partial charge in [-0.25, -0.2) is 4.39 Å². The van der Waals surface area contributed by atoms with E-state index in [1.54, 1.807) is 0 Å². The van der Waals surface area contributed by atoms with Crippen molar-refractivity contribution in [3.63, 3.8) is 0 Å². The zero-order valence-corrected chi connectivity index (χ0v) is 20.9. The van der Waals surface area contributed by atoms with E-state index in [1.165, 1.54) is 23.3 Å². The van der Waals surface area contributed by atoms with Crippen molar-refractivity contribution in [2.75, 3.05) is 45.9 Å². The van der Waals surface area contributed by atoms with Crippen LogP contribution in [0.5, 0.6) is 0 Å². The molecule has 1 saturated heterocycles. The molecule has 3 aromatic carbocycles. The molecular weight excluding hydrogens is 470 g/mol. The molecule has 1 aliphatic rings. The maximum atomic E-state index is 13.0. The third kappa shape index (κ3) is 8.53. The van der Waals surface area contributed by atoms with Crippen molar-refractivity contribution < 1.29 is 9.13 Å². The van der Waals surface area contributed by atoms with Gasteiger partial charge in [0.25, 0.3) is 0 Å². The predicted octanol–water partition coefficient (Wildman–Crippen LogP) is 6.11. The first-order chi connectivity index (χ1) is 15.8. The molecule has 0 amide bonds.